The predicted molar refractivity (Wildman–Crippen MR) is 73.6 cm³/mol. The van der Waals surface area contributed by atoms with Gasteiger partial charge in [-0.2, -0.15) is 5.10 Å². The van der Waals surface area contributed by atoms with E-state index in [0.29, 0.717) is 19.5 Å². The maximum Gasteiger partial charge on any atom is 0.315 e. The highest BCUT2D eigenvalue weighted by Gasteiger charge is 2.02. The smallest absolute Gasteiger partial charge is 0.315 e. The van der Waals surface area contributed by atoms with Gasteiger partial charge in [0.2, 0.25) is 0 Å². The average molecular weight is 276 g/mol. The van der Waals surface area contributed by atoms with Gasteiger partial charge in [0, 0.05) is 19.8 Å². The molecule has 2 N–H and O–H groups in total. The third kappa shape index (κ3) is 4.08. The highest BCUT2D eigenvalue weighted by Crippen LogP contribution is 2.02. The minimum atomic E-state index is -0.254. The van der Waals surface area contributed by atoms with Gasteiger partial charge in [-0.25, -0.2) is 9.18 Å². The summed E-state index contributed by atoms with van der Waals surface area (Å²) >= 11 is 0. The highest BCUT2D eigenvalue weighted by molar-refractivity contribution is 5.73. The van der Waals surface area contributed by atoms with Crippen LogP contribution in [0.5, 0.6) is 0 Å². The van der Waals surface area contributed by atoms with E-state index in [4.69, 9.17) is 0 Å². The maximum atomic E-state index is 12.7. The molecule has 2 amide bonds. The van der Waals surface area contributed by atoms with Crippen molar-refractivity contribution < 1.29 is 9.18 Å². The van der Waals surface area contributed by atoms with E-state index in [1.807, 2.05) is 13.1 Å². The molecule has 0 radical (unpaired) electrons. The third-order valence-electron chi connectivity index (χ3n) is 2.97. The van der Waals surface area contributed by atoms with E-state index in [1.54, 1.807) is 23.0 Å². The molecule has 0 atom stereocenters. The zero-order chi connectivity index (χ0) is 14.4. The number of carbonyl (C=O) groups excluding carboxylic acids is 1. The van der Waals surface area contributed by atoms with Gasteiger partial charge < -0.3 is 10.6 Å². The number of nitrogens with one attached hydrogen (secondary N) is 2. The lowest BCUT2D eigenvalue weighted by atomic mass is 10.1. The van der Waals surface area contributed by atoms with Crippen molar-refractivity contribution in [1.82, 2.24) is 20.4 Å². The summed E-state index contributed by atoms with van der Waals surface area (Å²) in [6.45, 7) is 0.932. The fourth-order valence-electron chi connectivity index (χ4n) is 1.78. The minimum Gasteiger partial charge on any atom is -0.338 e. The Morgan fingerprint density at radius 3 is 2.65 bits per heavy atom. The normalized spacial score (nSPS) is 10.3. The molecule has 0 saturated carbocycles. The van der Waals surface area contributed by atoms with Crippen LogP contribution in [-0.2, 0) is 20.0 Å². The van der Waals surface area contributed by atoms with Crippen LogP contribution in [0, 0.1) is 5.82 Å². The van der Waals surface area contributed by atoms with Crippen molar-refractivity contribution in [2.24, 2.45) is 7.05 Å². The fourth-order valence-corrected chi connectivity index (χ4v) is 1.78. The van der Waals surface area contributed by atoms with Gasteiger partial charge in [-0.05, 0) is 30.2 Å². The van der Waals surface area contributed by atoms with Crippen molar-refractivity contribution in [3.05, 3.63) is 53.6 Å². The van der Waals surface area contributed by atoms with Crippen LogP contribution in [0.15, 0.2) is 36.5 Å². The van der Waals surface area contributed by atoms with Crippen LogP contribution in [0.1, 0.15) is 11.3 Å². The molecule has 5 nitrogen and oxygen atoms in total. The number of aromatic nitrogens is 2. The van der Waals surface area contributed by atoms with E-state index in [2.05, 4.69) is 15.7 Å². The Labute approximate surface area is 116 Å². The largest absolute Gasteiger partial charge is 0.338 e. The van der Waals surface area contributed by atoms with Crippen molar-refractivity contribution in [2.75, 3.05) is 6.54 Å². The van der Waals surface area contributed by atoms with E-state index in [-0.39, 0.29) is 11.8 Å². The SMILES string of the molecule is Cn1nccc1CNC(=O)NCCc1ccc(F)cc1. The van der Waals surface area contributed by atoms with Gasteiger partial charge in [0.1, 0.15) is 5.82 Å². The molecule has 0 unspecified atom stereocenters. The maximum absolute atomic E-state index is 12.7. The molecule has 0 aliphatic carbocycles. The number of aryl methyl sites for hydroxylation is 1. The average Bonchev–Trinajstić information content (AvgIpc) is 2.84. The summed E-state index contributed by atoms with van der Waals surface area (Å²) < 4.78 is 14.4. The number of nitrogens with zero attached hydrogens (tertiary/aromatic N) is 2. The Morgan fingerprint density at radius 2 is 2.00 bits per heavy atom. The van der Waals surface area contributed by atoms with Crippen molar-refractivity contribution in [3.8, 4) is 0 Å². The first kappa shape index (κ1) is 14.0. The summed E-state index contributed by atoms with van der Waals surface area (Å²) in [6.07, 6.45) is 2.35. The Hall–Kier alpha value is -2.37. The number of hydrogen-bond donors (Lipinski definition) is 2. The van der Waals surface area contributed by atoms with Crippen LogP contribution in [-0.4, -0.2) is 22.4 Å². The van der Waals surface area contributed by atoms with E-state index < -0.39 is 0 Å². The van der Waals surface area contributed by atoms with Gasteiger partial charge in [-0.15, -0.1) is 0 Å². The third-order valence-corrected chi connectivity index (χ3v) is 2.97. The standard InChI is InChI=1S/C14H17FN4O/c1-19-13(7-9-18-19)10-17-14(20)16-8-6-11-2-4-12(15)5-3-11/h2-5,7,9H,6,8,10H2,1H3,(H2,16,17,20). The molecule has 20 heavy (non-hydrogen) atoms. The number of urea groups is 1. The van der Waals surface area contributed by atoms with E-state index in [9.17, 15) is 9.18 Å². The Kier molecular flexibility index (Phi) is 4.70. The van der Waals surface area contributed by atoms with Crippen LogP contribution in [0.3, 0.4) is 0 Å². The van der Waals surface area contributed by atoms with Crippen LogP contribution in [0.25, 0.3) is 0 Å². The number of hydrogen-bond acceptors (Lipinski definition) is 2. The van der Waals surface area contributed by atoms with Gasteiger partial charge >= 0.3 is 6.03 Å². The van der Waals surface area contributed by atoms with E-state index in [0.717, 1.165) is 11.3 Å². The van der Waals surface area contributed by atoms with Crippen LogP contribution >= 0.6 is 0 Å². The molecule has 2 rings (SSSR count). The van der Waals surface area contributed by atoms with Gasteiger partial charge in [0.05, 0.1) is 12.2 Å². The fraction of sp³-hybridized carbons (Fsp3) is 0.286. The molecule has 0 spiro atoms. The number of carbonyl (C=O) groups is 1. The van der Waals surface area contributed by atoms with Crippen LogP contribution in [0.4, 0.5) is 9.18 Å². The molecule has 1 heterocycles. The first-order chi connectivity index (χ1) is 9.65. The van der Waals surface area contributed by atoms with Crippen molar-refractivity contribution in [2.45, 2.75) is 13.0 Å². The molecular formula is C14H17FN4O. The zero-order valence-corrected chi connectivity index (χ0v) is 11.3. The zero-order valence-electron chi connectivity index (χ0n) is 11.3. The molecule has 1 aromatic carbocycles. The predicted octanol–water partition coefficient (Wildman–Crippen LogP) is 1.60. The molecule has 106 valence electrons. The van der Waals surface area contributed by atoms with Crippen LogP contribution < -0.4 is 10.6 Å². The number of halogens is 1. The van der Waals surface area contributed by atoms with Gasteiger partial charge in [-0.1, -0.05) is 12.1 Å². The van der Waals surface area contributed by atoms with Gasteiger partial charge in [-0.3, -0.25) is 4.68 Å². The molecule has 0 saturated heterocycles. The minimum absolute atomic E-state index is 0.228. The Morgan fingerprint density at radius 1 is 1.25 bits per heavy atom. The molecule has 0 aliphatic rings. The number of benzene rings is 1. The molecule has 2 aromatic rings. The van der Waals surface area contributed by atoms with E-state index >= 15 is 0 Å². The Bertz CT molecular complexity index is 565. The highest BCUT2D eigenvalue weighted by atomic mass is 19.1. The first-order valence-corrected chi connectivity index (χ1v) is 6.38. The summed E-state index contributed by atoms with van der Waals surface area (Å²) in [5, 5.41) is 9.52. The van der Waals surface area contributed by atoms with Gasteiger partial charge in [0.15, 0.2) is 0 Å². The molecule has 0 bridgehead atoms. The molecule has 0 aliphatic heterocycles. The summed E-state index contributed by atoms with van der Waals surface area (Å²) in [7, 11) is 1.82. The molecular weight excluding hydrogens is 259 g/mol. The molecule has 1 aromatic heterocycles. The second-order valence-corrected chi connectivity index (χ2v) is 4.43. The molecule has 0 fully saturated rings. The summed E-state index contributed by atoms with van der Waals surface area (Å²) in [5.74, 6) is -0.254. The monoisotopic (exact) mass is 276 g/mol. The number of rotatable bonds is 5. The lowest BCUT2D eigenvalue weighted by molar-refractivity contribution is 0.240. The lowest BCUT2D eigenvalue weighted by Crippen LogP contribution is -2.36. The first-order valence-electron chi connectivity index (χ1n) is 6.38. The Balaban J connectivity index is 1.68. The summed E-state index contributed by atoms with van der Waals surface area (Å²) in [4.78, 5) is 11.6. The van der Waals surface area contributed by atoms with Crippen LogP contribution in [0.2, 0.25) is 0 Å². The van der Waals surface area contributed by atoms with Crippen molar-refractivity contribution in [1.29, 1.82) is 0 Å². The molecule has 6 heteroatoms. The summed E-state index contributed by atoms with van der Waals surface area (Å²) in [6, 6.07) is 7.87. The second-order valence-electron chi connectivity index (χ2n) is 4.43. The van der Waals surface area contributed by atoms with Gasteiger partial charge in [0.25, 0.3) is 0 Å². The number of amides is 2. The van der Waals surface area contributed by atoms with Crippen molar-refractivity contribution in [3.63, 3.8) is 0 Å². The second kappa shape index (κ2) is 6.70. The topological polar surface area (TPSA) is 59.0 Å². The quantitative estimate of drug-likeness (QED) is 0.871. The lowest BCUT2D eigenvalue weighted by Gasteiger charge is -2.08. The van der Waals surface area contributed by atoms with Crippen molar-refractivity contribution >= 4 is 6.03 Å². The van der Waals surface area contributed by atoms with E-state index in [1.165, 1.54) is 12.1 Å². The summed E-state index contributed by atoms with van der Waals surface area (Å²) in [5.41, 5.74) is 1.91.